The first-order valence-electron chi connectivity index (χ1n) is 7.43. The van der Waals surface area contributed by atoms with Crippen LogP contribution in [0.25, 0.3) is 0 Å². The highest BCUT2D eigenvalue weighted by molar-refractivity contribution is 5.94. The first-order chi connectivity index (χ1) is 11.4. The summed E-state index contributed by atoms with van der Waals surface area (Å²) in [7, 11) is 1.75. The smallest absolute Gasteiger partial charge is 0.293 e. The minimum Gasteiger partial charge on any atom is -0.494 e. The zero-order chi connectivity index (χ0) is 17.7. The van der Waals surface area contributed by atoms with Gasteiger partial charge in [0.05, 0.1) is 11.5 Å². The van der Waals surface area contributed by atoms with Gasteiger partial charge in [0.2, 0.25) is 5.91 Å². The molecule has 1 amide bonds. The third-order valence-electron chi connectivity index (χ3n) is 3.52. The van der Waals surface area contributed by atoms with Crippen molar-refractivity contribution < 1.29 is 14.5 Å². The maximum absolute atomic E-state index is 11.3. The van der Waals surface area contributed by atoms with Crippen molar-refractivity contribution in [1.29, 1.82) is 0 Å². The van der Waals surface area contributed by atoms with Crippen molar-refractivity contribution in [3.63, 3.8) is 0 Å². The standard InChI is InChI=1S/C17H19N3O4/c1-3-24-14-7-4-12(5-8-14)11-19(2)15-9-6-13(17(18)21)10-16(15)20(22)23/h4-10H,3,11H2,1-2H3,(H2,18,21). The van der Waals surface area contributed by atoms with E-state index in [1.807, 2.05) is 31.2 Å². The van der Waals surface area contributed by atoms with E-state index in [0.29, 0.717) is 18.8 Å². The van der Waals surface area contributed by atoms with Gasteiger partial charge in [-0.05, 0) is 36.8 Å². The minimum atomic E-state index is -0.696. The number of hydrogen-bond donors (Lipinski definition) is 1. The second-order valence-electron chi connectivity index (χ2n) is 5.26. The third kappa shape index (κ3) is 4.01. The zero-order valence-corrected chi connectivity index (χ0v) is 13.6. The number of rotatable bonds is 7. The summed E-state index contributed by atoms with van der Waals surface area (Å²) in [6.45, 7) is 2.98. The Morgan fingerprint density at radius 2 is 1.92 bits per heavy atom. The Morgan fingerprint density at radius 1 is 1.25 bits per heavy atom. The number of nitro groups is 1. The summed E-state index contributed by atoms with van der Waals surface area (Å²) in [4.78, 5) is 23.7. The van der Waals surface area contributed by atoms with Crippen molar-refractivity contribution >= 4 is 17.3 Å². The number of amides is 1. The molecule has 2 aromatic rings. The monoisotopic (exact) mass is 329 g/mol. The van der Waals surface area contributed by atoms with Crippen LogP contribution < -0.4 is 15.4 Å². The summed E-state index contributed by atoms with van der Waals surface area (Å²) in [5, 5.41) is 11.3. The Bertz CT molecular complexity index is 744. The minimum absolute atomic E-state index is 0.111. The largest absolute Gasteiger partial charge is 0.494 e. The second kappa shape index (κ2) is 7.45. The number of anilines is 1. The topological polar surface area (TPSA) is 98.7 Å². The quantitative estimate of drug-likeness (QED) is 0.622. The fraction of sp³-hybridized carbons (Fsp3) is 0.235. The number of nitro benzene ring substituents is 1. The summed E-state index contributed by atoms with van der Waals surface area (Å²) in [6, 6.07) is 11.8. The summed E-state index contributed by atoms with van der Waals surface area (Å²) in [5.74, 6) is 0.0829. The average molecular weight is 329 g/mol. The van der Waals surface area contributed by atoms with Crippen LogP contribution in [0, 0.1) is 10.1 Å². The van der Waals surface area contributed by atoms with E-state index in [4.69, 9.17) is 10.5 Å². The highest BCUT2D eigenvalue weighted by Gasteiger charge is 2.19. The van der Waals surface area contributed by atoms with Gasteiger partial charge in [-0.3, -0.25) is 14.9 Å². The highest BCUT2D eigenvalue weighted by atomic mass is 16.6. The molecule has 7 heteroatoms. The van der Waals surface area contributed by atoms with E-state index in [1.165, 1.54) is 18.2 Å². The Kier molecular flexibility index (Phi) is 5.36. The van der Waals surface area contributed by atoms with E-state index in [1.54, 1.807) is 11.9 Å². The molecular weight excluding hydrogens is 310 g/mol. The SMILES string of the molecule is CCOc1ccc(CN(C)c2ccc(C(N)=O)cc2[N+](=O)[O-])cc1. The Labute approximate surface area is 139 Å². The molecule has 0 aliphatic rings. The molecule has 0 atom stereocenters. The zero-order valence-electron chi connectivity index (χ0n) is 13.6. The van der Waals surface area contributed by atoms with Crippen molar-refractivity contribution in [1.82, 2.24) is 0 Å². The van der Waals surface area contributed by atoms with E-state index in [-0.39, 0.29) is 11.3 Å². The lowest BCUT2D eigenvalue weighted by Crippen LogP contribution is -2.18. The van der Waals surface area contributed by atoms with Gasteiger partial charge in [0, 0.05) is 25.2 Å². The summed E-state index contributed by atoms with van der Waals surface area (Å²) in [5.41, 5.74) is 6.54. The van der Waals surface area contributed by atoms with E-state index in [0.717, 1.165) is 11.3 Å². The van der Waals surface area contributed by atoms with Crippen molar-refractivity contribution in [2.75, 3.05) is 18.6 Å². The molecule has 0 radical (unpaired) electrons. The van der Waals surface area contributed by atoms with Crippen LogP contribution in [-0.2, 0) is 6.54 Å². The molecule has 0 spiro atoms. The summed E-state index contributed by atoms with van der Waals surface area (Å²) in [6.07, 6.45) is 0. The Morgan fingerprint density at radius 3 is 2.46 bits per heavy atom. The number of carbonyl (C=O) groups is 1. The molecule has 0 aromatic heterocycles. The predicted molar refractivity (Wildman–Crippen MR) is 91.3 cm³/mol. The molecule has 0 saturated heterocycles. The van der Waals surface area contributed by atoms with Crippen molar-refractivity contribution in [3.8, 4) is 5.75 Å². The molecule has 0 fully saturated rings. The molecule has 0 aliphatic carbocycles. The van der Waals surface area contributed by atoms with Crippen molar-refractivity contribution in [2.24, 2.45) is 5.73 Å². The van der Waals surface area contributed by atoms with Gasteiger partial charge in [-0.2, -0.15) is 0 Å². The number of carbonyl (C=O) groups excluding carboxylic acids is 1. The van der Waals surface area contributed by atoms with Crippen LogP contribution in [0.5, 0.6) is 5.75 Å². The van der Waals surface area contributed by atoms with Gasteiger partial charge in [-0.25, -0.2) is 0 Å². The van der Waals surface area contributed by atoms with E-state index in [9.17, 15) is 14.9 Å². The summed E-state index contributed by atoms with van der Waals surface area (Å²) >= 11 is 0. The summed E-state index contributed by atoms with van der Waals surface area (Å²) < 4.78 is 5.39. The van der Waals surface area contributed by atoms with Gasteiger partial charge in [0.1, 0.15) is 11.4 Å². The number of nitrogens with two attached hydrogens (primary N) is 1. The van der Waals surface area contributed by atoms with E-state index in [2.05, 4.69) is 0 Å². The number of nitrogens with zero attached hydrogens (tertiary/aromatic N) is 2. The Balaban J connectivity index is 2.23. The molecule has 2 aromatic carbocycles. The number of ether oxygens (including phenoxy) is 1. The van der Waals surface area contributed by atoms with Crippen LogP contribution in [0.3, 0.4) is 0 Å². The molecular formula is C17H19N3O4. The molecule has 0 heterocycles. The number of primary amides is 1. The van der Waals surface area contributed by atoms with Crippen molar-refractivity contribution in [3.05, 3.63) is 63.7 Å². The first kappa shape index (κ1) is 17.3. The number of benzene rings is 2. The second-order valence-corrected chi connectivity index (χ2v) is 5.26. The van der Waals surface area contributed by atoms with Gasteiger partial charge in [0.25, 0.3) is 5.69 Å². The molecule has 0 saturated carbocycles. The molecule has 24 heavy (non-hydrogen) atoms. The predicted octanol–water partition coefficient (Wildman–Crippen LogP) is 2.73. The van der Waals surface area contributed by atoms with Gasteiger partial charge < -0.3 is 15.4 Å². The van der Waals surface area contributed by atoms with Crippen LogP contribution in [0.15, 0.2) is 42.5 Å². The van der Waals surface area contributed by atoms with Gasteiger partial charge in [-0.15, -0.1) is 0 Å². The molecule has 2 N–H and O–H groups in total. The van der Waals surface area contributed by atoms with Crippen LogP contribution in [0.2, 0.25) is 0 Å². The molecule has 126 valence electrons. The van der Waals surface area contributed by atoms with E-state index < -0.39 is 10.8 Å². The van der Waals surface area contributed by atoms with E-state index >= 15 is 0 Å². The van der Waals surface area contributed by atoms with Gasteiger partial charge >= 0.3 is 0 Å². The Hall–Kier alpha value is -3.09. The molecule has 2 rings (SSSR count). The normalized spacial score (nSPS) is 10.2. The van der Waals surface area contributed by atoms with Crippen LogP contribution in [0.4, 0.5) is 11.4 Å². The maximum atomic E-state index is 11.3. The molecule has 0 unspecified atom stereocenters. The average Bonchev–Trinajstić information content (AvgIpc) is 2.56. The third-order valence-corrected chi connectivity index (χ3v) is 3.52. The molecule has 0 aliphatic heterocycles. The van der Waals surface area contributed by atoms with Gasteiger partial charge in [0.15, 0.2) is 0 Å². The fourth-order valence-corrected chi connectivity index (χ4v) is 2.36. The van der Waals surface area contributed by atoms with Crippen molar-refractivity contribution in [2.45, 2.75) is 13.5 Å². The molecule has 0 bridgehead atoms. The number of hydrogen-bond acceptors (Lipinski definition) is 5. The lowest BCUT2D eigenvalue weighted by atomic mass is 10.1. The highest BCUT2D eigenvalue weighted by Crippen LogP contribution is 2.29. The fourth-order valence-electron chi connectivity index (χ4n) is 2.36. The van der Waals surface area contributed by atoms with Gasteiger partial charge in [-0.1, -0.05) is 12.1 Å². The molecule has 7 nitrogen and oxygen atoms in total. The lowest BCUT2D eigenvalue weighted by molar-refractivity contribution is -0.384. The van der Waals surface area contributed by atoms with Crippen LogP contribution in [0.1, 0.15) is 22.8 Å². The lowest BCUT2D eigenvalue weighted by Gasteiger charge is -2.19. The first-order valence-corrected chi connectivity index (χ1v) is 7.43. The van der Waals surface area contributed by atoms with Crippen LogP contribution >= 0.6 is 0 Å². The maximum Gasteiger partial charge on any atom is 0.293 e. The van der Waals surface area contributed by atoms with Crippen LogP contribution in [-0.4, -0.2) is 24.5 Å².